The molecule has 1 atom stereocenters. The summed E-state index contributed by atoms with van der Waals surface area (Å²) in [4.78, 5) is 25.0. The summed E-state index contributed by atoms with van der Waals surface area (Å²) in [6.45, 7) is 3.48. The van der Waals surface area contributed by atoms with E-state index in [-0.39, 0.29) is 5.91 Å². The van der Waals surface area contributed by atoms with Crippen LogP contribution in [0, 0.1) is 6.92 Å². The molecular weight excluding hydrogens is 302 g/mol. The molecule has 0 saturated carbocycles. The lowest BCUT2D eigenvalue weighted by atomic mass is 10.1. The summed E-state index contributed by atoms with van der Waals surface area (Å²) in [6.07, 6.45) is 6.81. The Morgan fingerprint density at radius 1 is 1.33 bits per heavy atom. The van der Waals surface area contributed by atoms with Crippen LogP contribution in [0.1, 0.15) is 48.1 Å². The number of amides is 1. The molecular formula is C18H23N5O. The van der Waals surface area contributed by atoms with Crippen molar-refractivity contribution in [3.8, 4) is 0 Å². The number of nitrogens with one attached hydrogen (secondary N) is 2. The second kappa shape index (κ2) is 7.97. The van der Waals surface area contributed by atoms with Gasteiger partial charge in [-0.2, -0.15) is 0 Å². The van der Waals surface area contributed by atoms with Gasteiger partial charge in [0.15, 0.2) is 0 Å². The van der Waals surface area contributed by atoms with Crippen LogP contribution in [0.5, 0.6) is 0 Å². The summed E-state index contributed by atoms with van der Waals surface area (Å²) < 4.78 is 0. The quantitative estimate of drug-likeness (QED) is 0.847. The number of hydrogen-bond donors (Lipinski definition) is 2. The summed E-state index contributed by atoms with van der Waals surface area (Å²) in [5.74, 6) is 0.803. The predicted molar refractivity (Wildman–Crippen MR) is 91.2 cm³/mol. The third kappa shape index (κ3) is 4.58. The minimum absolute atomic E-state index is 0.0311. The number of rotatable bonds is 6. The van der Waals surface area contributed by atoms with Crippen LogP contribution in [0.4, 0.5) is 0 Å². The highest BCUT2D eigenvalue weighted by Crippen LogP contribution is 2.22. The predicted octanol–water partition coefficient (Wildman–Crippen LogP) is 1.85. The van der Waals surface area contributed by atoms with Crippen molar-refractivity contribution in [2.24, 2.45) is 0 Å². The van der Waals surface area contributed by atoms with E-state index in [1.807, 2.05) is 25.1 Å². The van der Waals surface area contributed by atoms with Gasteiger partial charge in [-0.05, 0) is 56.5 Å². The lowest BCUT2D eigenvalue weighted by molar-refractivity contribution is -0.121. The number of pyridine rings is 1. The fraction of sp³-hybridized carbons (Fsp3) is 0.444. The van der Waals surface area contributed by atoms with Crippen LogP contribution in [0.2, 0.25) is 0 Å². The molecule has 6 nitrogen and oxygen atoms in total. The van der Waals surface area contributed by atoms with Gasteiger partial charge in [-0.3, -0.25) is 9.78 Å². The van der Waals surface area contributed by atoms with Crippen molar-refractivity contribution in [1.82, 2.24) is 25.6 Å². The van der Waals surface area contributed by atoms with Crippen LogP contribution in [0.25, 0.3) is 0 Å². The lowest BCUT2D eigenvalue weighted by Gasteiger charge is -2.12. The van der Waals surface area contributed by atoms with E-state index in [1.165, 1.54) is 6.42 Å². The van der Waals surface area contributed by atoms with Gasteiger partial charge in [0.05, 0.1) is 5.69 Å². The molecule has 6 heteroatoms. The Balaban J connectivity index is 1.53. The van der Waals surface area contributed by atoms with Crippen LogP contribution < -0.4 is 10.6 Å². The summed E-state index contributed by atoms with van der Waals surface area (Å²) >= 11 is 0. The zero-order valence-electron chi connectivity index (χ0n) is 14.0. The highest BCUT2D eigenvalue weighted by atomic mass is 16.1. The second-order valence-corrected chi connectivity index (χ2v) is 6.11. The molecule has 1 aliphatic heterocycles. The minimum atomic E-state index is 0.0311. The van der Waals surface area contributed by atoms with Crippen LogP contribution in [-0.4, -0.2) is 27.4 Å². The molecule has 1 aliphatic rings. The maximum atomic E-state index is 12.0. The molecule has 2 aromatic heterocycles. The molecule has 3 rings (SSSR count). The summed E-state index contributed by atoms with van der Waals surface area (Å²) in [7, 11) is 0. The van der Waals surface area contributed by atoms with E-state index < -0.39 is 0 Å². The van der Waals surface area contributed by atoms with Crippen molar-refractivity contribution in [3.63, 3.8) is 0 Å². The summed E-state index contributed by atoms with van der Waals surface area (Å²) in [6, 6.07) is 6.15. The van der Waals surface area contributed by atoms with Gasteiger partial charge in [-0.1, -0.05) is 0 Å². The van der Waals surface area contributed by atoms with E-state index in [0.29, 0.717) is 25.4 Å². The van der Waals surface area contributed by atoms with Gasteiger partial charge in [-0.25, -0.2) is 9.97 Å². The average Bonchev–Trinajstić information content (AvgIpc) is 3.13. The Morgan fingerprint density at radius 2 is 2.17 bits per heavy atom. The van der Waals surface area contributed by atoms with Gasteiger partial charge in [0, 0.05) is 37.1 Å². The van der Waals surface area contributed by atoms with E-state index in [2.05, 4.69) is 25.6 Å². The smallest absolute Gasteiger partial charge is 0.220 e. The van der Waals surface area contributed by atoms with Crippen LogP contribution in [0.3, 0.4) is 0 Å². The number of aryl methyl sites for hydroxylation is 2. The number of aromatic nitrogens is 3. The molecule has 1 fully saturated rings. The van der Waals surface area contributed by atoms with Crippen molar-refractivity contribution in [3.05, 3.63) is 53.4 Å². The van der Waals surface area contributed by atoms with Crippen molar-refractivity contribution in [2.45, 2.75) is 45.2 Å². The lowest BCUT2D eigenvalue weighted by Crippen LogP contribution is -2.23. The number of carbonyl (C=O) groups is 1. The Kier molecular flexibility index (Phi) is 5.48. The first kappa shape index (κ1) is 16.5. The molecule has 2 aromatic rings. The molecule has 0 radical (unpaired) electrons. The summed E-state index contributed by atoms with van der Waals surface area (Å²) in [5.41, 5.74) is 3.03. The maximum Gasteiger partial charge on any atom is 0.220 e. The fourth-order valence-electron chi connectivity index (χ4n) is 2.93. The number of nitrogens with zero attached hydrogens (tertiary/aromatic N) is 3. The zero-order chi connectivity index (χ0) is 16.8. The molecule has 0 spiro atoms. The first-order valence-corrected chi connectivity index (χ1v) is 8.44. The molecule has 0 aliphatic carbocycles. The normalized spacial score (nSPS) is 17.0. The minimum Gasteiger partial charge on any atom is -0.352 e. The van der Waals surface area contributed by atoms with Crippen LogP contribution in [-0.2, 0) is 17.8 Å². The van der Waals surface area contributed by atoms with Crippen LogP contribution >= 0.6 is 0 Å². The zero-order valence-corrected chi connectivity index (χ0v) is 14.0. The Labute approximate surface area is 142 Å². The molecule has 1 amide bonds. The largest absolute Gasteiger partial charge is 0.352 e. The van der Waals surface area contributed by atoms with Crippen molar-refractivity contribution < 1.29 is 4.79 Å². The van der Waals surface area contributed by atoms with Crippen molar-refractivity contribution >= 4 is 5.91 Å². The molecule has 1 unspecified atom stereocenters. The topological polar surface area (TPSA) is 79.8 Å². The average molecular weight is 325 g/mol. The fourth-order valence-corrected chi connectivity index (χ4v) is 2.93. The summed E-state index contributed by atoms with van der Waals surface area (Å²) in [5, 5.41) is 6.39. The third-order valence-electron chi connectivity index (χ3n) is 4.18. The molecule has 0 aromatic carbocycles. The van der Waals surface area contributed by atoms with Gasteiger partial charge in [0.2, 0.25) is 5.91 Å². The second-order valence-electron chi connectivity index (χ2n) is 6.11. The Bertz CT molecular complexity index is 683. The van der Waals surface area contributed by atoms with Crippen molar-refractivity contribution in [2.75, 3.05) is 6.54 Å². The van der Waals surface area contributed by atoms with Gasteiger partial charge in [0.1, 0.15) is 5.82 Å². The highest BCUT2D eigenvalue weighted by molar-refractivity contribution is 5.76. The monoisotopic (exact) mass is 325 g/mol. The van der Waals surface area contributed by atoms with E-state index in [1.54, 1.807) is 12.4 Å². The molecule has 3 heterocycles. The van der Waals surface area contributed by atoms with E-state index in [9.17, 15) is 4.79 Å². The van der Waals surface area contributed by atoms with E-state index in [0.717, 1.165) is 35.7 Å². The molecule has 2 N–H and O–H groups in total. The van der Waals surface area contributed by atoms with E-state index in [4.69, 9.17) is 0 Å². The standard InChI is InChI=1S/C18H23N5O/c1-13-22-15(11-17(23-13)16-3-2-8-20-16)4-5-18(24)21-12-14-6-9-19-10-7-14/h6-7,9-11,16,20H,2-5,8,12H2,1H3,(H,21,24). The first-order valence-electron chi connectivity index (χ1n) is 8.44. The van der Waals surface area contributed by atoms with Gasteiger partial charge in [-0.15, -0.1) is 0 Å². The molecule has 24 heavy (non-hydrogen) atoms. The number of carbonyl (C=O) groups excluding carboxylic acids is 1. The number of hydrogen-bond acceptors (Lipinski definition) is 5. The van der Waals surface area contributed by atoms with Crippen molar-refractivity contribution in [1.29, 1.82) is 0 Å². The van der Waals surface area contributed by atoms with Gasteiger partial charge < -0.3 is 10.6 Å². The van der Waals surface area contributed by atoms with Crippen LogP contribution in [0.15, 0.2) is 30.6 Å². The van der Waals surface area contributed by atoms with Gasteiger partial charge in [0.25, 0.3) is 0 Å². The van der Waals surface area contributed by atoms with E-state index >= 15 is 0 Å². The highest BCUT2D eigenvalue weighted by Gasteiger charge is 2.18. The van der Waals surface area contributed by atoms with Gasteiger partial charge >= 0.3 is 0 Å². The molecule has 0 bridgehead atoms. The Morgan fingerprint density at radius 3 is 2.92 bits per heavy atom. The molecule has 126 valence electrons. The first-order chi connectivity index (χ1) is 11.7. The SMILES string of the molecule is Cc1nc(CCC(=O)NCc2ccncc2)cc(C2CCCN2)n1. The Hall–Kier alpha value is -2.34. The third-order valence-corrected chi connectivity index (χ3v) is 4.18. The maximum absolute atomic E-state index is 12.0. The molecule has 1 saturated heterocycles.